The largest absolute Gasteiger partial charge is 0.297 e. The van der Waals surface area contributed by atoms with Crippen LogP contribution < -0.4 is 0 Å². The number of thioether (sulfide) groups is 1. The van der Waals surface area contributed by atoms with Gasteiger partial charge in [0, 0.05) is 24.4 Å². The summed E-state index contributed by atoms with van der Waals surface area (Å²) >= 11 is 1.94. The Morgan fingerprint density at radius 2 is 2.00 bits per heavy atom. The maximum atomic E-state index is 2.58. The molecule has 60 valence electrons. The highest BCUT2D eigenvalue weighted by Gasteiger charge is 2.30. The van der Waals surface area contributed by atoms with Gasteiger partial charge in [-0.15, -0.1) is 0 Å². The molecule has 0 spiro atoms. The second-order valence-electron chi connectivity index (χ2n) is 3.16. The number of nitrogens with zero attached hydrogens (tertiary/aromatic N) is 1. The normalized spacial score (nSPS) is 33.9. The first-order valence-corrected chi connectivity index (χ1v) is 5.39. The molecule has 0 aromatic heterocycles. The first kappa shape index (κ1) is 8.41. The molecule has 0 radical (unpaired) electrons. The van der Waals surface area contributed by atoms with Gasteiger partial charge in [0.15, 0.2) is 0 Å². The lowest BCUT2D eigenvalue weighted by atomic mass is 9.96. The Hall–Kier alpha value is 0.310. The van der Waals surface area contributed by atoms with Crippen LogP contribution in [0.3, 0.4) is 0 Å². The van der Waals surface area contributed by atoms with Gasteiger partial charge in [-0.2, -0.15) is 11.8 Å². The van der Waals surface area contributed by atoms with Crippen LogP contribution in [0.4, 0.5) is 0 Å². The van der Waals surface area contributed by atoms with Gasteiger partial charge in [0.1, 0.15) is 0 Å². The van der Waals surface area contributed by atoms with Gasteiger partial charge >= 0.3 is 0 Å². The topological polar surface area (TPSA) is 3.24 Å². The lowest BCUT2D eigenvalue weighted by molar-refractivity contribution is 0.0456. The van der Waals surface area contributed by atoms with Crippen LogP contribution in [0.25, 0.3) is 0 Å². The molecule has 0 bridgehead atoms. The first-order valence-electron chi connectivity index (χ1n) is 4.00. The van der Waals surface area contributed by atoms with E-state index in [-0.39, 0.29) is 0 Å². The first-order chi connectivity index (χ1) is 4.75. The van der Waals surface area contributed by atoms with Gasteiger partial charge in [0.25, 0.3) is 0 Å². The lowest BCUT2D eigenvalue weighted by Gasteiger charge is -2.45. The van der Waals surface area contributed by atoms with Gasteiger partial charge in [-0.05, 0) is 26.5 Å². The summed E-state index contributed by atoms with van der Waals surface area (Å²) in [7, 11) is 0. The van der Waals surface area contributed by atoms with Crippen molar-refractivity contribution in [2.75, 3.05) is 18.6 Å². The summed E-state index contributed by atoms with van der Waals surface area (Å²) in [6.45, 7) is 5.92. The molecule has 2 unspecified atom stereocenters. The molecule has 1 rings (SSSR count). The molecule has 1 aliphatic heterocycles. The molecule has 0 aromatic carbocycles. The Morgan fingerprint density at radius 1 is 1.40 bits per heavy atom. The Bertz CT molecular complexity index is 97.4. The summed E-state index contributed by atoms with van der Waals surface area (Å²) < 4.78 is 0. The molecule has 2 heteroatoms. The molecule has 0 aliphatic carbocycles. The summed E-state index contributed by atoms with van der Waals surface area (Å²) in [5.41, 5.74) is 0. The zero-order valence-corrected chi connectivity index (χ0v) is 7.95. The number of rotatable bonds is 3. The van der Waals surface area contributed by atoms with Gasteiger partial charge in [-0.25, -0.2) is 0 Å². The van der Waals surface area contributed by atoms with Crippen LogP contribution >= 0.6 is 11.8 Å². The average molecular weight is 159 g/mol. The second kappa shape index (κ2) is 3.63. The third kappa shape index (κ3) is 1.67. The smallest absolute Gasteiger partial charge is 0.00848 e. The van der Waals surface area contributed by atoms with E-state index in [1.54, 1.807) is 0 Å². The van der Waals surface area contributed by atoms with E-state index < -0.39 is 0 Å². The van der Waals surface area contributed by atoms with Gasteiger partial charge in [0.05, 0.1) is 0 Å². The molecule has 0 saturated carbocycles. The molecule has 0 amide bonds. The predicted octanol–water partition coefficient (Wildman–Crippen LogP) is 1.83. The second-order valence-corrected chi connectivity index (χ2v) is 4.15. The van der Waals surface area contributed by atoms with E-state index in [1.165, 1.54) is 18.7 Å². The fourth-order valence-corrected chi connectivity index (χ4v) is 2.09. The molecule has 1 nitrogen and oxygen atoms in total. The maximum absolute atomic E-state index is 2.58. The zero-order valence-electron chi connectivity index (χ0n) is 7.13. The summed E-state index contributed by atoms with van der Waals surface area (Å²) in [5, 5.41) is 0. The standard InChI is InChI=1S/C8H17NS/c1-7-6-8(2)9(7)4-5-10-3/h7-8H,4-6H2,1-3H3. The Morgan fingerprint density at radius 3 is 2.40 bits per heavy atom. The highest BCUT2D eigenvalue weighted by molar-refractivity contribution is 7.98. The quantitative estimate of drug-likeness (QED) is 0.618. The van der Waals surface area contributed by atoms with Crippen LogP contribution in [0.15, 0.2) is 0 Å². The van der Waals surface area contributed by atoms with Crippen molar-refractivity contribution in [2.45, 2.75) is 32.4 Å². The molecule has 1 aliphatic rings. The van der Waals surface area contributed by atoms with Crippen molar-refractivity contribution in [3.05, 3.63) is 0 Å². The molecule has 10 heavy (non-hydrogen) atoms. The summed E-state index contributed by atoms with van der Waals surface area (Å²) in [6.07, 6.45) is 3.57. The molecule has 1 heterocycles. The van der Waals surface area contributed by atoms with E-state index in [1.807, 2.05) is 11.8 Å². The van der Waals surface area contributed by atoms with Crippen LogP contribution in [0.5, 0.6) is 0 Å². The van der Waals surface area contributed by atoms with Crippen molar-refractivity contribution in [2.24, 2.45) is 0 Å². The predicted molar refractivity (Wildman–Crippen MR) is 48.6 cm³/mol. The summed E-state index contributed by atoms with van der Waals surface area (Å²) in [4.78, 5) is 2.58. The SMILES string of the molecule is CSCCN1C(C)CC1C. The maximum Gasteiger partial charge on any atom is 0.00848 e. The minimum Gasteiger partial charge on any atom is -0.297 e. The molecule has 2 atom stereocenters. The fraction of sp³-hybridized carbons (Fsp3) is 1.00. The fourth-order valence-electron chi connectivity index (χ4n) is 1.70. The van der Waals surface area contributed by atoms with Crippen molar-refractivity contribution in [1.82, 2.24) is 4.90 Å². The Balaban J connectivity index is 2.14. The summed E-state index contributed by atoms with van der Waals surface area (Å²) in [5.74, 6) is 1.29. The van der Waals surface area contributed by atoms with Crippen molar-refractivity contribution >= 4 is 11.8 Å². The van der Waals surface area contributed by atoms with E-state index in [9.17, 15) is 0 Å². The monoisotopic (exact) mass is 159 g/mol. The van der Waals surface area contributed by atoms with Crippen LogP contribution in [-0.2, 0) is 0 Å². The lowest BCUT2D eigenvalue weighted by Crippen LogP contribution is -2.53. The minimum absolute atomic E-state index is 0.849. The number of hydrogen-bond acceptors (Lipinski definition) is 2. The van der Waals surface area contributed by atoms with Crippen LogP contribution in [0.1, 0.15) is 20.3 Å². The molecule has 1 fully saturated rings. The third-order valence-electron chi connectivity index (χ3n) is 2.37. The van der Waals surface area contributed by atoms with E-state index in [0.717, 1.165) is 12.1 Å². The summed E-state index contributed by atoms with van der Waals surface area (Å²) in [6, 6.07) is 1.70. The van der Waals surface area contributed by atoms with E-state index in [4.69, 9.17) is 0 Å². The van der Waals surface area contributed by atoms with Crippen LogP contribution in [-0.4, -0.2) is 35.5 Å². The highest BCUT2D eigenvalue weighted by atomic mass is 32.2. The minimum atomic E-state index is 0.849. The van der Waals surface area contributed by atoms with Crippen molar-refractivity contribution < 1.29 is 0 Å². The van der Waals surface area contributed by atoms with Crippen molar-refractivity contribution in [1.29, 1.82) is 0 Å². The molecule has 1 saturated heterocycles. The zero-order chi connectivity index (χ0) is 7.56. The van der Waals surface area contributed by atoms with E-state index >= 15 is 0 Å². The van der Waals surface area contributed by atoms with Crippen LogP contribution in [0, 0.1) is 0 Å². The Labute approximate surface area is 68.2 Å². The molecule has 0 aromatic rings. The molecular weight excluding hydrogens is 142 g/mol. The Kier molecular flexibility index (Phi) is 3.05. The highest BCUT2D eigenvalue weighted by Crippen LogP contribution is 2.24. The average Bonchev–Trinajstić information content (AvgIpc) is 1.89. The van der Waals surface area contributed by atoms with Gasteiger partial charge in [0.2, 0.25) is 0 Å². The van der Waals surface area contributed by atoms with Crippen molar-refractivity contribution in [3.63, 3.8) is 0 Å². The molecule has 0 N–H and O–H groups in total. The number of likely N-dealkylation sites (tertiary alicyclic amines) is 1. The van der Waals surface area contributed by atoms with Crippen LogP contribution in [0.2, 0.25) is 0 Å². The number of hydrogen-bond donors (Lipinski definition) is 0. The van der Waals surface area contributed by atoms with Gasteiger partial charge < -0.3 is 0 Å². The van der Waals surface area contributed by atoms with Crippen molar-refractivity contribution in [3.8, 4) is 0 Å². The van der Waals surface area contributed by atoms with Gasteiger partial charge in [-0.3, -0.25) is 4.90 Å². The third-order valence-corrected chi connectivity index (χ3v) is 2.96. The van der Waals surface area contributed by atoms with E-state index in [2.05, 4.69) is 25.0 Å². The van der Waals surface area contributed by atoms with E-state index in [0.29, 0.717) is 0 Å². The van der Waals surface area contributed by atoms with Gasteiger partial charge in [-0.1, -0.05) is 0 Å². The molecular formula is C8H17NS.